The van der Waals surface area contributed by atoms with Crippen LogP contribution in [0.1, 0.15) is 22.3 Å². The van der Waals surface area contributed by atoms with Crippen molar-refractivity contribution in [2.24, 2.45) is 0 Å². The topological polar surface area (TPSA) is 38.7 Å². The molecule has 3 nitrogen and oxygen atoms in total. The van der Waals surface area contributed by atoms with Crippen LogP contribution in [0, 0.1) is 27.7 Å². The molecule has 0 bridgehead atoms. The molecular formula is C19H18ClN3. The Balaban J connectivity index is 2.16. The van der Waals surface area contributed by atoms with E-state index >= 15 is 0 Å². The van der Waals surface area contributed by atoms with E-state index in [-0.39, 0.29) is 5.28 Å². The van der Waals surface area contributed by atoms with Crippen LogP contribution in [0.5, 0.6) is 0 Å². The first kappa shape index (κ1) is 15.6. The molecule has 2 aromatic carbocycles. The van der Waals surface area contributed by atoms with E-state index in [0.717, 1.165) is 22.3 Å². The number of aromatic nitrogens is 3. The van der Waals surface area contributed by atoms with Crippen LogP contribution in [-0.2, 0) is 0 Å². The van der Waals surface area contributed by atoms with Crippen molar-refractivity contribution in [3.05, 3.63) is 63.9 Å². The minimum absolute atomic E-state index is 0.213. The molecule has 116 valence electrons. The summed E-state index contributed by atoms with van der Waals surface area (Å²) in [6, 6.07) is 12.4. The standard InChI is InChI=1S/C19H18ClN3/c1-11-5-7-15(13(3)9-11)17-21-18(23-19(20)22-17)16-8-6-12(2)10-14(16)4/h5-10H,1-4H3. The molecule has 0 aliphatic heterocycles. The number of hydrogen-bond donors (Lipinski definition) is 0. The van der Waals surface area contributed by atoms with Crippen molar-refractivity contribution in [3.8, 4) is 22.8 Å². The summed E-state index contributed by atoms with van der Waals surface area (Å²) in [5, 5.41) is 0.213. The Morgan fingerprint density at radius 2 is 1.09 bits per heavy atom. The highest BCUT2D eigenvalue weighted by atomic mass is 35.5. The second-order valence-corrected chi connectivity index (χ2v) is 6.23. The van der Waals surface area contributed by atoms with Gasteiger partial charge in [-0.25, -0.2) is 4.98 Å². The van der Waals surface area contributed by atoms with Crippen molar-refractivity contribution in [1.29, 1.82) is 0 Å². The lowest BCUT2D eigenvalue weighted by atomic mass is 10.0. The van der Waals surface area contributed by atoms with Crippen molar-refractivity contribution >= 4 is 11.6 Å². The average Bonchev–Trinajstić information content (AvgIpc) is 2.46. The molecule has 0 spiro atoms. The quantitative estimate of drug-likeness (QED) is 0.659. The Kier molecular flexibility index (Phi) is 4.14. The van der Waals surface area contributed by atoms with Gasteiger partial charge in [0, 0.05) is 11.1 Å². The van der Waals surface area contributed by atoms with Gasteiger partial charge in [0.1, 0.15) is 0 Å². The first-order valence-corrected chi connectivity index (χ1v) is 7.88. The van der Waals surface area contributed by atoms with E-state index in [4.69, 9.17) is 11.6 Å². The molecule has 0 radical (unpaired) electrons. The Labute approximate surface area is 141 Å². The number of aryl methyl sites for hydroxylation is 4. The highest BCUT2D eigenvalue weighted by Crippen LogP contribution is 2.26. The normalized spacial score (nSPS) is 10.8. The molecule has 0 fully saturated rings. The summed E-state index contributed by atoms with van der Waals surface area (Å²) in [6.45, 7) is 8.24. The van der Waals surface area contributed by atoms with Crippen molar-refractivity contribution in [2.75, 3.05) is 0 Å². The first-order valence-electron chi connectivity index (χ1n) is 7.51. The van der Waals surface area contributed by atoms with Gasteiger partial charge in [0.15, 0.2) is 11.6 Å². The average molecular weight is 324 g/mol. The molecule has 3 rings (SSSR count). The van der Waals surface area contributed by atoms with Gasteiger partial charge in [0.2, 0.25) is 5.28 Å². The number of halogens is 1. The summed E-state index contributed by atoms with van der Waals surface area (Å²) in [5.41, 5.74) is 6.62. The summed E-state index contributed by atoms with van der Waals surface area (Å²) in [6.07, 6.45) is 0. The maximum Gasteiger partial charge on any atom is 0.226 e. The Morgan fingerprint density at radius 3 is 1.48 bits per heavy atom. The van der Waals surface area contributed by atoms with Gasteiger partial charge < -0.3 is 0 Å². The summed E-state index contributed by atoms with van der Waals surface area (Å²) in [4.78, 5) is 13.3. The highest BCUT2D eigenvalue weighted by molar-refractivity contribution is 6.28. The molecule has 1 heterocycles. The zero-order chi connectivity index (χ0) is 16.6. The minimum atomic E-state index is 0.213. The zero-order valence-electron chi connectivity index (χ0n) is 13.7. The maximum absolute atomic E-state index is 6.15. The van der Waals surface area contributed by atoms with Gasteiger partial charge in [-0.05, 0) is 50.4 Å². The fourth-order valence-electron chi connectivity index (χ4n) is 2.72. The Morgan fingerprint density at radius 1 is 0.652 bits per heavy atom. The van der Waals surface area contributed by atoms with Crippen LogP contribution in [-0.4, -0.2) is 15.0 Å². The van der Waals surface area contributed by atoms with Crippen molar-refractivity contribution in [3.63, 3.8) is 0 Å². The minimum Gasteiger partial charge on any atom is -0.208 e. The molecule has 3 aromatic rings. The first-order chi connectivity index (χ1) is 10.9. The zero-order valence-corrected chi connectivity index (χ0v) is 14.4. The van der Waals surface area contributed by atoms with E-state index in [9.17, 15) is 0 Å². The van der Waals surface area contributed by atoms with E-state index in [0.29, 0.717) is 11.6 Å². The molecule has 0 saturated heterocycles. The van der Waals surface area contributed by atoms with E-state index in [2.05, 4.69) is 66.9 Å². The predicted molar refractivity (Wildman–Crippen MR) is 94.7 cm³/mol. The third-order valence-corrected chi connectivity index (χ3v) is 4.02. The van der Waals surface area contributed by atoms with Gasteiger partial charge in [-0.15, -0.1) is 0 Å². The second kappa shape index (κ2) is 6.09. The number of hydrogen-bond acceptors (Lipinski definition) is 3. The molecule has 23 heavy (non-hydrogen) atoms. The monoisotopic (exact) mass is 323 g/mol. The molecule has 0 N–H and O–H groups in total. The molecule has 0 amide bonds. The maximum atomic E-state index is 6.15. The van der Waals surface area contributed by atoms with E-state index in [1.165, 1.54) is 11.1 Å². The van der Waals surface area contributed by atoms with Gasteiger partial charge in [-0.3, -0.25) is 0 Å². The van der Waals surface area contributed by atoms with Crippen molar-refractivity contribution in [1.82, 2.24) is 15.0 Å². The molecule has 0 saturated carbocycles. The number of benzene rings is 2. The fourth-order valence-corrected chi connectivity index (χ4v) is 2.88. The van der Waals surface area contributed by atoms with Crippen molar-refractivity contribution in [2.45, 2.75) is 27.7 Å². The summed E-state index contributed by atoms with van der Waals surface area (Å²) in [7, 11) is 0. The lowest BCUT2D eigenvalue weighted by Crippen LogP contribution is -1.99. The van der Waals surface area contributed by atoms with Crippen LogP contribution < -0.4 is 0 Å². The van der Waals surface area contributed by atoms with E-state index < -0.39 is 0 Å². The largest absolute Gasteiger partial charge is 0.226 e. The number of nitrogens with zero attached hydrogens (tertiary/aromatic N) is 3. The van der Waals surface area contributed by atoms with Gasteiger partial charge >= 0.3 is 0 Å². The molecule has 0 atom stereocenters. The SMILES string of the molecule is Cc1ccc(-c2nc(Cl)nc(-c3ccc(C)cc3C)n2)c(C)c1. The van der Waals surface area contributed by atoms with Gasteiger partial charge in [-0.2, -0.15) is 9.97 Å². The Hall–Kier alpha value is -2.26. The fraction of sp³-hybridized carbons (Fsp3) is 0.211. The van der Waals surface area contributed by atoms with Crippen LogP contribution >= 0.6 is 11.6 Å². The molecule has 0 aliphatic carbocycles. The lowest BCUT2D eigenvalue weighted by molar-refractivity contribution is 1.06. The van der Waals surface area contributed by atoms with Gasteiger partial charge in [0.25, 0.3) is 0 Å². The molecular weight excluding hydrogens is 306 g/mol. The third-order valence-electron chi connectivity index (χ3n) is 3.85. The summed E-state index contributed by atoms with van der Waals surface area (Å²) >= 11 is 6.15. The smallest absolute Gasteiger partial charge is 0.208 e. The van der Waals surface area contributed by atoms with E-state index in [1.54, 1.807) is 0 Å². The van der Waals surface area contributed by atoms with Crippen LogP contribution in [0.25, 0.3) is 22.8 Å². The van der Waals surface area contributed by atoms with Crippen LogP contribution in [0.3, 0.4) is 0 Å². The summed E-state index contributed by atoms with van der Waals surface area (Å²) in [5.74, 6) is 1.22. The second-order valence-electron chi connectivity index (χ2n) is 5.89. The molecule has 1 aromatic heterocycles. The van der Waals surface area contributed by atoms with E-state index in [1.807, 2.05) is 12.1 Å². The predicted octanol–water partition coefficient (Wildman–Crippen LogP) is 5.09. The lowest BCUT2D eigenvalue weighted by Gasteiger charge is -2.09. The van der Waals surface area contributed by atoms with Crippen molar-refractivity contribution < 1.29 is 0 Å². The van der Waals surface area contributed by atoms with Crippen LogP contribution in [0.4, 0.5) is 0 Å². The number of rotatable bonds is 2. The molecule has 0 unspecified atom stereocenters. The van der Waals surface area contributed by atoms with Crippen LogP contribution in [0.2, 0.25) is 5.28 Å². The van der Waals surface area contributed by atoms with Gasteiger partial charge in [0.05, 0.1) is 0 Å². The highest BCUT2D eigenvalue weighted by Gasteiger charge is 2.12. The van der Waals surface area contributed by atoms with Crippen LogP contribution in [0.15, 0.2) is 36.4 Å². The molecule has 4 heteroatoms. The molecule has 0 aliphatic rings. The van der Waals surface area contributed by atoms with Gasteiger partial charge in [-0.1, -0.05) is 47.5 Å². The Bertz CT molecular complexity index is 818. The third kappa shape index (κ3) is 3.25. The summed E-state index contributed by atoms with van der Waals surface area (Å²) < 4.78 is 0.